The predicted octanol–water partition coefficient (Wildman–Crippen LogP) is 2.46. The first kappa shape index (κ1) is 15.8. The van der Waals surface area contributed by atoms with Crippen LogP contribution in [-0.4, -0.2) is 42.6 Å². The van der Waals surface area contributed by atoms with Crippen LogP contribution >= 0.6 is 0 Å². The highest BCUT2D eigenvalue weighted by molar-refractivity contribution is 5.91. The number of carbonyl (C=O) groups excluding carboxylic acids is 2. The zero-order valence-corrected chi connectivity index (χ0v) is 13.6. The second-order valence-corrected chi connectivity index (χ2v) is 6.40. The third kappa shape index (κ3) is 3.33. The van der Waals surface area contributed by atoms with E-state index >= 15 is 0 Å². The monoisotopic (exact) mass is 316 g/mol. The summed E-state index contributed by atoms with van der Waals surface area (Å²) in [5.41, 5.74) is 0.790. The summed E-state index contributed by atoms with van der Waals surface area (Å²) in [4.78, 5) is 26.5. The van der Waals surface area contributed by atoms with Gasteiger partial charge in [0.15, 0.2) is 0 Å². The van der Waals surface area contributed by atoms with Crippen molar-refractivity contribution >= 4 is 12.0 Å². The van der Waals surface area contributed by atoms with Crippen molar-refractivity contribution in [2.24, 2.45) is 0 Å². The molecule has 23 heavy (non-hydrogen) atoms. The summed E-state index contributed by atoms with van der Waals surface area (Å²) in [6.07, 6.45) is 3.25. The van der Waals surface area contributed by atoms with Crippen molar-refractivity contribution in [1.29, 1.82) is 0 Å². The fourth-order valence-corrected chi connectivity index (χ4v) is 3.43. The molecule has 5 heteroatoms. The van der Waals surface area contributed by atoms with Crippen LogP contribution in [0.1, 0.15) is 38.2 Å². The van der Waals surface area contributed by atoms with Gasteiger partial charge in [-0.15, -0.1) is 0 Å². The molecule has 1 aromatic rings. The van der Waals surface area contributed by atoms with Gasteiger partial charge in [-0.25, -0.2) is 4.79 Å². The lowest BCUT2D eigenvalue weighted by molar-refractivity contribution is -0.135. The molecule has 1 atom stereocenters. The zero-order chi connectivity index (χ0) is 16.3. The number of rotatable bonds is 4. The van der Waals surface area contributed by atoms with Gasteiger partial charge in [0.25, 0.3) is 0 Å². The Morgan fingerprint density at radius 3 is 2.70 bits per heavy atom. The Morgan fingerprint density at radius 2 is 2.04 bits per heavy atom. The van der Waals surface area contributed by atoms with E-state index in [0.717, 1.165) is 37.8 Å². The van der Waals surface area contributed by atoms with E-state index in [4.69, 9.17) is 4.74 Å². The van der Waals surface area contributed by atoms with E-state index in [1.54, 1.807) is 6.92 Å². The van der Waals surface area contributed by atoms with Gasteiger partial charge in [0.1, 0.15) is 0 Å². The number of hydrogen-bond donors (Lipinski definition) is 1. The SMILES string of the molecule is CCOC(=O)N[C@@H]1CCCN(C(=O)C2(c3ccccc3)CC2)C1. The quantitative estimate of drug-likeness (QED) is 0.928. The molecule has 0 bridgehead atoms. The highest BCUT2D eigenvalue weighted by Gasteiger charge is 2.53. The summed E-state index contributed by atoms with van der Waals surface area (Å²) < 4.78 is 4.94. The van der Waals surface area contributed by atoms with Gasteiger partial charge in [-0.1, -0.05) is 30.3 Å². The molecule has 0 unspecified atom stereocenters. The van der Waals surface area contributed by atoms with Gasteiger partial charge in [0, 0.05) is 19.1 Å². The number of alkyl carbamates (subject to hydrolysis) is 1. The van der Waals surface area contributed by atoms with E-state index in [2.05, 4.69) is 5.32 Å². The predicted molar refractivity (Wildman–Crippen MR) is 87.1 cm³/mol. The summed E-state index contributed by atoms with van der Waals surface area (Å²) in [7, 11) is 0. The van der Waals surface area contributed by atoms with Crippen LogP contribution in [0.25, 0.3) is 0 Å². The largest absolute Gasteiger partial charge is 0.450 e. The highest BCUT2D eigenvalue weighted by Crippen LogP contribution is 2.49. The molecular weight excluding hydrogens is 292 g/mol. The molecule has 2 amide bonds. The number of ether oxygens (including phenoxy) is 1. The van der Waals surface area contributed by atoms with Gasteiger partial charge in [-0.2, -0.15) is 0 Å². The first-order valence-electron chi connectivity index (χ1n) is 8.44. The van der Waals surface area contributed by atoms with Crippen molar-refractivity contribution in [1.82, 2.24) is 10.2 Å². The molecule has 0 spiro atoms. The van der Waals surface area contributed by atoms with Crippen LogP contribution in [0.15, 0.2) is 30.3 Å². The zero-order valence-electron chi connectivity index (χ0n) is 13.6. The molecule has 1 N–H and O–H groups in total. The Balaban J connectivity index is 1.65. The Bertz CT molecular complexity index is 569. The van der Waals surface area contributed by atoms with Crippen molar-refractivity contribution in [2.75, 3.05) is 19.7 Å². The van der Waals surface area contributed by atoms with Crippen molar-refractivity contribution in [3.63, 3.8) is 0 Å². The maximum absolute atomic E-state index is 13.0. The van der Waals surface area contributed by atoms with Crippen LogP contribution in [0, 0.1) is 0 Å². The standard InChI is InChI=1S/C18H24N2O3/c1-2-23-17(22)19-15-9-6-12-20(13-15)16(21)18(10-11-18)14-7-4-3-5-8-14/h3-5,7-8,15H,2,6,9-13H2,1H3,(H,19,22)/t15-/m1/s1. The summed E-state index contributed by atoms with van der Waals surface area (Å²) in [6.45, 7) is 3.49. The number of hydrogen-bond acceptors (Lipinski definition) is 3. The van der Waals surface area contributed by atoms with Gasteiger partial charge in [0.05, 0.1) is 12.0 Å². The first-order chi connectivity index (χ1) is 11.2. The van der Waals surface area contributed by atoms with E-state index in [1.165, 1.54) is 0 Å². The lowest BCUT2D eigenvalue weighted by Gasteiger charge is -2.35. The molecule has 1 saturated heterocycles. The molecule has 0 aromatic heterocycles. The average Bonchev–Trinajstić information content (AvgIpc) is 3.37. The van der Waals surface area contributed by atoms with Crippen molar-refractivity contribution in [2.45, 2.75) is 44.1 Å². The molecule has 1 heterocycles. The Labute approximate surface area is 137 Å². The second-order valence-electron chi connectivity index (χ2n) is 6.40. The number of carbonyl (C=O) groups is 2. The first-order valence-corrected chi connectivity index (χ1v) is 8.44. The lowest BCUT2D eigenvalue weighted by Crippen LogP contribution is -2.52. The number of likely N-dealkylation sites (tertiary alicyclic amines) is 1. The fraction of sp³-hybridized carbons (Fsp3) is 0.556. The average molecular weight is 316 g/mol. The van der Waals surface area contributed by atoms with E-state index in [0.29, 0.717) is 13.2 Å². The lowest BCUT2D eigenvalue weighted by atomic mass is 9.93. The smallest absolute Gasteiger partial charge is 0.407 e. The fourth-order valence-electron chi connectivity index (χ4n) is 3.43. The van der Waals surface area contributed by atoms with Gasteiger partial charge >= 0.3 is 6.09 Å². The van der Waals surface area contributed by atoms with Crippen molar-refractivity contribution < 1.29 is 14.3 Å². The maximum atomic E-state index is 13.0. The number of benzene rings is 1. The molecular formula is C18H24N2O3. The van der Waals surface area contributed by atoms with E-state index in [-0.39, 0.29) is 17.4 Å². The highest BCUT2D eigenvalue weighted by atomic mass is 16.5. The summed E-state index contributed by atoms with van der Waals surface area (Å²) in [5.74, 6) is 0.207. The molecule has 0 radical (unpaired) electrons. The van der Waals surface area contributed by atoms with Crippen molar-refractivity contribution in [3.05, 3.63) is 35.9 Å². The maximum Gasteiger partial charge on any atom is 0.407 e. The number of amides is 2. The summed E-state index contributed by atoms with van der Waals surface area (Å²) in [5, 5.41) is 2.86. The molecule has 1 aliphatic heterocycles. The van der Waals surface area contributed by atoms with Crippen LogP contribution in [0.4, 0.5) is 4.79 Å². The Hall–Kier alpha value is -2.04. The van der Waals surface area contributed by atoms with Gasteiger partial charge in [-0.05, 0) is 38.2 Å². The summed E-state index contributed by atoms with van der Waals surface area (Å²) >= 11 is 0. The number of nitrogens with one attached hydrogen (secondary N) is 1. The number of piperidine rings is 1. The molecule has 1 aliphatic carbocycles. The molecule has 1 aromatic carbocycles. The Morgan fingerprint density at radius 1 is 1.30 bits per heavy atom. The van der Waals surface area contributed by atoms with E-state index in [1.807, 2.05) is 35.2 Å². The summed E-state index contributed by atoms with van der Waals surface area (Å²) in [6, 6.07) is 10.0. The third-order valence-corrected chi connectivity index (χ3v) is 4.79. The normalized spacial score (nSPS) is 22.3. The molecule has 3 rings (SSSR count). The molecule has 2 fully saturated rings. The molecule has 124 valence electrons. The van der Waals surface area contributed by atoms with Crippen LogP contribution in [-0.2, 0) is 14.9 Å². The van der Waals surface area contributed by atoms with Crippen LogP contribution < -0.4 is 5.32 Å². The van der Waals surface area contributed by atoms with Crippen molar-refractivity contribution in [3.8, 4) is 0 Å². The molecule has 1 saturated carbocycles. The van der Waals surface area contributed by atoms with Crippen LogP contribution in [0.5, 0.6) is 0 Å². The van der Waals surface area contributed by atoms with Gasteiger partial charge in [0.2, 0.25) is 5.91 Å². The van der Waals surface area contributed by atoms with Crippen LogP contribution in [0.3, 0.4) is 0 Å². The molecule has 2 aliphatic rings. The van der Waals surface area contributed by atoms with Crippen LogP contribution in [0.2, 0.25) is 0 Å². The van der Waals surface area contributed by atoms with E-state index in [9.17, 15) is 9.59 Å². The van der Waals surface area contributed by atoms with E-state index < -0.39 is 6.09 Å². The minimum absolute atomic E-state index is 0.0154. The number of nitrogens with zero attached hydrogens (tertiary/aromatic N) is 1. The Kier molecular flexibility index (Phi) is 4.55. The van der Waals surface area contributed by atoms with Gasteiger partial charge < -0.3 is 15.0 Å². The minimum Gasteiger partial charge on any atom is -0.450 e. The molecule has 5 nitrogen and oxygen atoms in total. The minimum atomic E-state index is -0.393. The van der Waals surface area contributed by atoms with Gasteiger partial charge in [-0.3, -0.25) is 4.79 Å². The second kappa shape index (κ2) is 6.60. The third-order valence-electron chi connectivity index (χ3n) is 4.79. The topological polar surface area (TPSA) is 58.6 Å².